The number of rotatable bonds is 5. The molecular weight excluding hydrogens is 377 g/mol. The molecule has 156 valence electrons. The molecule has 3 fully saturated rings. The summed E-state index contributed by atoms with van der Waals surface area (Å²) in [5.41, 5.74) is 1.29. The Hall–Kier alpha value is -1.71. The molecule has 0 radical (unpaired) electrons. The SMILES string of the molecule is O=C(O)C(F)(F)F.c1cncc(CN2CC[C@@H](OCC3CC3)[C@H]3OCC[C@@H]32)c1. The summed E-state index contributed by atoms with van der Waals surface area (Å²) >= 11 is 0. The number of halogens is 3. The van der Waals surface area contributed by atoms with Gasteiger partial charge in [-0.25, -0.2) is 4.79 Å². The maximum absolute atomic E-state index is 10.6. The lowest BCUT2D eigenvalue weighted by Gasteiger charge is -2.41. The van der Waals surface area contributed by atoms with Crippen LogP contribution in [0.1, 0.15) is 31.2 Å². The van der Waals surface area contributed by atoms with Gasteiger partial charge >= 0.3 is 12.1 Å². The van der Waals surface area contributed by atoms with Crippen molar-refractivity contribution in [2.45, 2.75) is 56.7 Å². The molecule has 4 rings (SSSR count). The molecule has 3 aliphatic rings. The third-order valence-corrected chi connectivity index (χ3v) is 5.23. The zero-order valence-corrected chi connectivity index (χ0v) is 15.5. The summed E-state index contributed by atoms with van der Waals surface area (Å²) < 4.78 is 43.9. The van der Waals surface area contributed by atoms with Crippen LogP contribution in [-0.2, 0) is 20.8 Å². The summed E-state index contributed by atoms with van der Waals surface area (Å²) in [4.78, 5) is 15.7. The minimum atomic E-state index is -5.08. The molecule has 9 heteroatoms. The van der Waals surface area contributed by atoms with Crippen LogP contribution in [0.15, 0.2) is 24.5 Å². The molecule has 0 bridgehead atoms. The average molecular weight is 402 g/mol. The van der Waals surface area contributed by atoms with Crippen LogP contribution in [0.3, 0.4) is 0 Å². The molecule has 0 aromatic carbocycles. The quantitative estimate of drug-likeness (QED) is 0.817. The van der Waals surface area contributed by atoms with E-state index in [0.29, 0.717) is 12.1 Å². The van der Waals surface area contributed by atoms with Crippen molar-refractivity contribution in [1.82, 2.24) is 9.88 Å². The zero-order chi connectivity index (χ0) is 20.1. The predicted octanol–water partition coefficient (Wildman–Crippen LogP) is 2.87. The number of hydrogen-bond donors (Lipinski definition) is 1. The van der Waals surface area contributed by atoms with Gasteiger partial charge in [0, 0.05) is 44.7 Å². The van der Waals surface area contributed by atoms with Gasteiger partial charge in [-0.3, -0.25) is 9.88 Å². The van der Waals surface area contributed by atoms with Gasteiger partial charge in [0.2, 0.25) is 0 Å². The van der Waals surface area contributed by atoms with Gasteiger partial charge < -0.3 is 14.6 Å². The van der Waals surface area contributed by atoms with Gasteiger partial charge in [-0.1, -0.05) is 6.07 Å². The molecular formula is C19H25F3N2O4. The van der Waals surface area contributed by atoms with Crippen LogP contribution in [0.25, 0.3) is 0 Å². The maximum atomic E-state index is 10.6. The number of nitrogens with zero attached hydrogens (tertiary/aromatic N) is 2. The van der Waals surface area contributed by atoms with Crippen LogP contribution < -0.4 is 0 Å². The molecule has 1 saturated carbocycles. The smallest absolute Gasteiger partial charge is 0.475 e. The summed E-state index contributed by atoms with van der Waals surface area (Å²) in [5, 5.41) is 7.12. The van der Waals surface area contributed by atoms with Gasteiger partial charge in [0.1, 0.15) is 0 Å². The van der Waals surface area contributed by atoms with Gasteiger partial charge in [-0.15, -0.1) is 0 Å². The topological polar surface area (TPSA) is 71.9 Å². The van der Waals surface area contributed by atoms with Gasteiger partial charge in [0.25, 0.3) is 0 Å². The number of hydrogen-bond acceptors (Lipinski definition) is 5. The molecule has 2 saturated heterocycles. The average Bonchev–Trinajstić information content (AvgIpc) is 3.35. The molecule has 3 heterocycles. The van der Waals surface area contributed by atoms with E-state index in [4.69, 9.17) is 19.4 Å². The van der Waals surface area contributed by atoms with E-state index in [0.717, 1.165) is 45.1 Å². The lowest BCUT2D eigenvalue weighted by atomic mass is 9.95. The number of carbonyl (C=O) groups is 1. The largest absolute Gasteiger partial charge is 0.490 e. The Bertz CT molecular complexity index is 640. The van der Waals surface area contributed by atoms with Crippen molar-refractivity contribution in [3.63, 3.8) is 0 Å². The van der Waals surface area contributed by atoms with E-state index in [9.17, 15) is 13.2 Å². The van der Waals surface area contributed by atoms with Crippen molar-refractivity contribution in [1.29, 1.82) is 0 Å². The first-order chi connectivity index (χ1) is 13.3. The third-order valence-electron chi connectivity index (χ3n) is 5.23. The van der Waals surface area contributed by atoms with E-state index in [-0.39, 0.29) is 6.10 Å². The Morgan fingerprint density at radius 3 is 2.68 bits per heavy atom. The fraction of sp³-hybridized carbons (Fsp3) is 0.684. The minimum Gasteiger partial charge on any atom is -0.475 e. The Labute approximate surface area is 161 Å². The van der Waals surface area contributed by atoms with Crippen LogP contribution >= 0.6 is 0 Å². The summed E-state index contributed by atoms with van der Waals surface area (Å²) in [5.74, 6) is -1.93. The van der Waals surface area contributed by atoms with Crippen molar-refractivity contribution >= 4 is 5.97 Å². The summed E-state index contributed by atoms with van der Waals surface area (Å²) in [6.45, 7) is 3.91. The van der Waals surface area contributed by atoms with Crippen molar-refractivity contribution in [3.05, 3.63) is 30.1 Å². The number of likely N-dealkylation sites (tertiary alicyclic amines) is 1. The second-order valence-electron chi connectivity index (χ2n) is 7.43. The van der Waals surface area contributed by atoms with E-state index in [2.05, 4.69) is 16.0 Å². The normalized spacial score (nSPS) is 27.6. The molecule has 3 atom stereocenters. The van der Waals surface area contributed by atoms with E-state index in [1.165, 1.54) is 18.4 Å². The highest BCUT2D eigenvalue weighted by Gasteiger charge is 2.43. The van der Waals surface area contributed by atoms with Crippen molar-refractivity contribution < 1.29 is 32.5 Å². The Morgan fingerprint density at radius 1 is 1.32 bits per heavy atom. The van der Waals surface area contributed by atoms with Crippen LogP contribution in [0.5, 0.6) is 0 Å². The van der Waals surface area contributed by atoms with Crippen molar-refractivity contribution in [3.8, 4) is 0 Å². The van der Waals surface area contributed by atoms with E-state index >= 15 is 0 Å². The summed E-state index contributed by atoms with van der Waals surface area (Å²) in [6, 6.07) is 4.69. The van der Waals surface area contributed by atoms with Crippen molar-refractivity contribution in [2.24, 2.45) is 5.92 Å². The summed E-state index contributed by atoms with van der Waals surface area (Å²) in [7, 11) is 0. The van der Waals surface area contributed by atoms with E-state index in [1.54, 1.807) is 0 Å². The van der Waals surface area contributed by atoms with Crippen LogP contribution in [0, 0.1) is 5.92 Å². The lowest BCUT2D eigenvalue weighted by molar-refractivity contribution is -0.192. The number of carboxylic acids is 1. The number of aliphatic carboxylic acids is 1. The molecule has 1 aromatic rings. The minimum absolute atomic E-state index is 0.272. The standard InChI is InChI=1S/C17H24N2O2.C2HF3O2/c1-2-14(10-18-7-1)11-19-8-5-16(21-12-13-3-4-13)17-15(19)6-9-20-17;3-2(4,5)1(6)7/h1-2,7,10,13,15-17H,3-6,8-9,11-12H2;(H,6,7)/t15-,16+,17-;/m0./s1. The molecule has 1 aromatic heterocycles. The number of ether oxygens (including phenoxy) is 2. The first-order valence-corrected chi connectivity index (χ1v) is 9.51. The monoisotopic (exact) mass is 402 g/mol. The fourth-order valence-electron chi connectivity index (χ4n) is 3.61. The number of carboxylic acid groups (broad SMARTS) is 1. The van der Waals surface area contributed by atoms with Crippen LogP contribution in [0.2, 0.25) is 0 Å². The fourth-order valence-corrected chi connectivity index (χ4v) is 3.61. The highest BCUT2D eigenvalue weighted by molar-refractivity contribution is 5.73. The highest BCUT2D eigenvalue weighted by atomic mass is 19.4. The van der Waals surface area contributed by atoms with Crippen LogP contribution in [0.4, 0.5) is 13.2 Å². The van der Waals surface area contributed by atoms with Gasteiger partial charge in [0.05, 0.1) is 12.2 Å². The Kier molecular flexibility index (Phi) is 6.90. The zero-order valence-electron chi connectivity index (χ0n) is 15.5. The Balaban J connectivity index is 0.000000279. The molecule has 0 unspecified atom stereocenters. The number of pyridine rings is 1. The molecule has 0 spiro atoms. The third kappa shape index (κ3) is 5.89. The molecule has 1 aliphatic carbocycles. The molecule has 28 heavy (non-hydrogen) atoms. The molecule has 6 nitrogen and oxygen atoms in total. The Morgan fingerprint density at radius 2 is 2.07 bits per heavy atom. The molecule has 0 amide bonds. The second kappa shape index (κ2) is 9.19. The predicted molar refractivity (Wildman–Crippen MR) is 93.6 cm³/mol. The molecule has 1 N–H and O–H groups in total. The summed E-state index contributed by atoms with van der Waals surface area (Å²) in [6.07, 6.45) is 4.24. The van der Waals surface area contributed by atoms with Crippen LogP contribution in [-0.4, -0.2) is 65.1 Å². The second-order valence-corrected chi connectivity index (χ2v) is 7.43. The van der Waals surface area contributed by atoms with E-state index < -0.39 is 12.1 Å². The maximum Gasteiger partial charge on any atom is 0.490 e. The number of alkyl halides is 3. The lowest BCUT2D eigenvalue weighted by Crippen LogP contribution is -2.52. The highest BCUT2D eigenvalue weighted by Crippen LogP contribution is 2.34. The number of aromatic nitrogens is 1. The molecule has 2 aliphatic heterocycles. The van der Waals surface area contributed by atoms with Gasteiger partial charge in [-0.05, 0) is 43.2 Å². The first kappa shape index (κ1) is 21.0. The van der Waals surface area contributed by atoms with Gasteiger partial charge in [0.15, 0.2) is 0 Å². The number of piperidine rings is 1. The van der Waals surface area contributed by atoms with Gasteiger partial charge in [-0.2, -0.15) is 13.2 Å². The van der Waals surface area contributed by atoms with Crippen molar-refractivity contribution in [2.75, 3.05) is 19.8 Å². The van der Waals surface area contributed by atoms with E-state index in [1.807, 2.05) is 18.5 Å². The number of fused-ring (bicyclic) bond motifs is 1. The first-order valence-electron chi connectivity index (χ1n) is 9.51.